The number of nitrogens with one attached hydrogen (secondary N) is 1. The lowest BCUT2D eigenvalue weighted by Gasteiger charge is -2.24. The number of aromatic nitrogens is 1. The molecule has 0 radical (unpaired) electrons. The first kappa shape index (κ1) is 16.2. The number of pyridine rings is 1. The summed E-state index contributed by atoms with van der Waals surface area (Å²) in [5, 5.41) is 3.46. The van der Waals surface area contributed by atoms with E-state index in [1.165, 1.54) is 5.56 Å². The van der Waals surface area contributed by atoms with Gasteiger partial charge >= 0.3 is 0 Å². The highest BCUT2D eigenvalue weighted by atomic mass is 79.9. The highest BCUT2D eigenvalue weighted by molar-refractivity contribution is 9.10. The molecule has 0 amide bonds. The van der Waals surface area contributed by atoms with E-state index in [0.29, 0.717) is 6.04 Å². The van der Waals surface area contributed by atoms with Crippen molar-refractivity contribution in [3.63, 3.8) is 0 Å². The van der Waals surface area contributed by atoms with Crippen molar-refractivity contribution < 1.29 is 0 Å². The van der Waals surface area contributed by atoms with Gasteiger partial charge in [-0.25, -0.2) is 4.98 Å². The highest BCUT2D eigenvalue weighted by Crippen LogP contribution is 2.22. The Kier molecular flexibility index (Phi) is 7.10. The molecule has 1 rings (SSSR count). The lowest BCUT2D eigenvalue weighted by Crippen LogP contribution is -2.28. The van der Waals surface area contributed by atoms with Crippen LogP contribution < -0.4 is 10.2 Å². The average molecular weight is 326 g/mol. The molecule has 4 heteroatoms. The van der Waals surface area contributed by atoms with Gasteiger partial charge in [0.1, 0.15) is 5.82 Å². The average Bonchev–Trinajstić information content (AvgIpc) is 2.36. The van der Waals surface area contributed by atoms with Gasteiger partial charge in [-0.1, -0.05) is 26.8 Å². The molecule has 0 saturated heterocycles. The minimum Gasteiger partial charge on any atom is -0.353 e. The highest BCUT2D eigenvalue weighted by Gasteiger charge is 2.12. The SMILES string of the molecule is C=CCN(CCC)c1ncc(Br)cc1CNC(C)C. The summed E-state index contributed by atoms with van der Waals surface area (Å²) in [5.41, 5.74) is 1.22. The van der Waals surface area contributed by atoms with Gasteiger partial charge in [-0.15, -0.1) is 6.58 Å². The van der Waals surface area contributed by atoms with Gasteiger partial charge < -0.3 is 10.2 Å². The third kappa shape index (κ3) is 5.33. The smallest absolute Gasteiger partial charge is 0.133 e. The second-order valence-electron chi connectivity index (χ2n) is 4.91. The largest absolute Gasteiger partial charge is 0.353 e. The van der Waals surface area contributed by atoms with Gasteiger partial charge in [0.15, 0.2) is 0 Å². The van der Waals surface area contributed by atoms with Crippen LogP contribution in [-0.4, -0.2) is 24.1 Å². The fourth-order valence-corrected chi connectivity index (χ4v) is 2.29. The van der Waals surface area contributed by atoms with E-state index in [4.69, 9.17) is 0 Å². The quantitative estimate of drug-likeness (QED) is 0.738. The van der Waals surface area contributed by atoms with E-state index >= 15 is 0 Å². The number of hydrogen-bond donors (Lipinski definition) is 1. The van der Waals surface area contributed by atoms with E-state index in [1.807, 2.05) is 12.3 Å². The Labute approximate surface area is 125 Å². The fraction of sp³-hybridized carbons (Fsp3) is 0.533. The molecule has 1 aromatic heterocycles. The summed E-state index contributed by atoms with van der Waals surface area (Å²) in [7, 11) is 0. The van der Waals surface area contributed by atoms with Gasteiger partial charge in [0.05, 0.1) is 0 Å². The van der Waals surface area contributed by atoms with Gasteiger partial charge in [-0.2, -0.15) is 0 Å². The summed E-state index contributed by atoms with van der Waals surface area (Å²) in [5.74, 6) is 1.05. The van der Waals surface area contributed by atoms with Crippen LogP contribution in [0.5, 0.6) is 0 Å². The molecular weight excluding hydrogens is 302 g/mol. The van der Waals surface area contributed by atoms with Crippen molar-refractivity contribution in [3.8, 4) is 0 Å². The molecule has 0 aliphatic rings. The molecule has 0 bridgehead atoms. The molecule has 0 aromatic carbocycles. The molecule has 0 spiro atoms. The zero-order valence-electron chi connectivity index (χ0n) is 12.1. The maximum absolute atomic E-state index is 4.59. The van der Waals surface area contributed by atoms with Crippen LogP contribution in [0.1, 0.15) is 32.8 Å². The molecule has 106 valence electrons. The van der Waals surface area contributed by atoms with Crippen LogP contribution in [0.25, 0.3) is 0 Å². The Bertz CT molecular complexity index is 404. The second kappa shape index (κ2) is 8.33. The number of hydrogen-bond acceptors (Lipinski definition) is 3. The van der Waals surface area contributed by atoms with Crippen LogP contribution in [0.2, 0.25) is 0 Å². The van der Waals surface area contributed by atoms with Crippen LogP contribution in [0.4, 0.5) is 5.82 Å². The van der Waals surface area contributed by atoms with Crippen molar-refractivity contribution >= 4 is 21.7 Å². The Morgan fingerprint density at radius 1 is 1.53 bits per heavy atom. The molecule has 1 heterocycles. The zero-order valence-corrected chi connectivity index (χ0v) is 13.7. The molecule has 1 N–H and O–H groups in total. The van der Waals surface area contributed by atoms with Crippen molar-refractivity contribution in [1.29, 1.82) is 0 Å². The first-order valence-corrected chi connectivity index (χ1v) is 7.61. The van der Waals surface area contributed by atoms with E-state index in [0.717, 1.165) is 36.3 Å². The maximum Gasteiger partial charge on any atom is 0.133 e. The molecule has 0 aliphatic heterocycles. The van der Waals surface area contributed by atoms with Crippen molar-refractivity contribution in [2.24, 2.45) is 0 Å². The predicted octanol–water partition coefficient (Wildman–Crippen LogP) is 3.74. The molecule has 1 aromatic rings. The van der Waals surface area contributed by atoms with Gasteiger partial charge in [-0.05, 0) is 28.4 Å². The fourth-order valence-electron chi connectivity index (χ4n) is 1.91. The Hall–Kier alpha value is -0.870. The molecule has 19 heavy (non-hydrogen) atoms. The number of anilines is 1. The third-order valence-corrected chi connectivity index (χ3v) is 3.19. The van der Waals surface area contributed by atoms with E-state index in [9.17, 15) is 0 Å². The standard InChI is InChI=1S/C15H24BrN3/c1-5-7-19(8-6-2)15-13(10-17-12(3)4)9-14(16)11-18-15/h5,9,11-12,17H,1,6-8,10H2,2-4H3. The summed E-state index contributed by atoms with van der Waals surface area (Å²) in [6, 6.07) is 2.61. The van der Waals surface area contributed by atoms with Crippen LogP contribution in [0.15, 0.2) is 29.4 Å². The first-order chi connectivity index (χ1) is 9.08. The summed E-state index contributed by atoms with van der Waals surface area (Å²) >= 11 is 3.50. The van der Waals surface area contributed by atoms with E-state index in [-0.39, 0.29) is 0 Å². The molecule has 0 fully saturated rings. The molecule has 0 aliphatic carbocycles. The molecule has 0 saturated carbocycles. The monoisotopic (exact) mass is 325 g/mol. The lowest BCUT2D eigenvalue weighted by molar-refractivity contribution is 0.586. The number of rotatable bonds is 8. The van der Waals surface area contributed by atoms with Gasteiger partial charge in [0.25, 0.3) is 0 Å². The molecule has 0 atom stereocenters. The van der Waals surface area contributed by atoms with E-state index < -0.39 is 0 Å². The second-order valence-corrected chi connectivity index (χ2v) is 5.82. The summed E-state index contributed by atoms with van der Waals surface area (Å²) in [6.45, 7) is 13.0. The van der Waals surface area contributed by atoms with Crippen molar-refractivity contribution in [2.75, 3.05) is 18.0 Å². The Morgan fingerprint density at radius 3 is 2.84 bits per heavy atom. The van der Waals surface area contributed by atoms with Crippen LogP contribution in [0.3, 0.4) is 0 Å². The van der Waals surface area contributed by atoms with E-state index in [2.05, 4.69) is 64.5 Å². The normalized spacial score (nSPS) is 10.8. The maximum atomic E-state index is 4.59. The van der Waals surface area contributed by atoms with Gasteiger partial charge in [-0.3, -0.25) is 0 Å². The van der Waals surface area contributed by atoms with Gasteiger partial charge in [0, 0.05) is 41.9 Å². The van der Waals surface area contributed by atoms with E-state index in [1.54, 1.807) is 0 Å². The number of halogens is 1. The third-order valence-electron chi connectivity index (χ3n) is 2.75. The van der Waals surface area contributed by atoms with Crippen LogP contribution in [-0.2, 0) is 6.54 Å². The Morgan fingerprint density at radius 2 is 2.26 bits per heavy atom. The summed E-state index contributed by atoms with van der Waals surface area (Å²) in [4.78, 5) is 6.86. The molecule has 3 nitrogen and oxygen atoms in total. The topological polar surface area (TPSA) is 28.2 Å². The minimum atomic E-state index is 0.464. The molecule has 0 unspecified atom stereocenters. The number of nitrogens with zero attached hydrogens (tertiary/aromatic N) is 2. The van der Waals surface area contributed by atoms with Gasteiger partial charge in [0.2, 0.25) is 0 Å². The van der Waals surface area contributed by atoms with Crippen molar-refractivity contribution in [1.82, 2.24) is 10.3 Å². The van der Waals surface area contributed by atoms with Crippen LogP contribution >= 0.6 is 15.9 Å². The first-order valence-electron chi connectivity index (χ1n) is 6.82. The minimum absolute atomic E-state index is 0.464. The summed E-state index contributed by atoms with van der Waals surface area (Å²) < 4.78 is 1.02. The zero-order chi connectivity index (χ0) is 14.3. The predicted molar refractivity (Wildman–Crippen MR) is 86.6 cm³/mol. The van der Waals surface area contributed by atoms with Crippen molar-refractivity contribution in [2.45, 2.75) is 39.8 Å². The lowest BCUT2D eigenvalue weighted by atomic mass is 10.2. The Balaban J connectivity index is 2.98. The summed E-state index contributed by atoms with van der Waals surface area (Å²) in [6.07, 6.45) is 4.89. The molecular formula is C15H24BrN3. The van der Waals surface area contributed by atoms with Crippen LogP contribution in [0, 0.1) is 0 Å². The van der Waals surface area contributed by atoms with Crippen molar-refractivity contribution in [3.05, 3.63) is 35.0 Å².